The normalized spacial score (nSPS) is 13.9. The number of aliphatic carboxylic acids is 1. The number of carbonyl (C=O) groups is 4. The van der Waals surface area contributed by atoms with Crippen LogP contribution in [0.1, 0.15) is 30.4 Å². The summed E-state index contributed by atoms with van der Waals surface area (Å²) < 4.78 is 0. The van der Waals surface area contributed by atoms with E-state index in [1.165, 1.54) is 12.1 Å². The first-order valence-corrected chi connectivity index (χ1v) is 13.3. The molecule has 0 saturated heterocycles. The molecule has 2 rings (SSSR count). The molecule has 0 spiro atoms. The summed E-state index contributed by atoms with van der Waals surface area (Å²) in [6.45, 7) is 0.384. The zero-order valence-corrected chi connectivity index (χ0v) is 22.5. The summed E-state index contributed by atoms with van der Waals surface area (Å²) in [5.41, 5.74) is 13.2. The van der Waals surface area contributed by atoms with Gasteiger partial charge in [0.1, 0.15) is 23.9 Å². The maximum Gasteiger partial charge on any atom is 0.327 e. The zero-order chi connectivity index (χ0) is 28.8. The number of carboxylic acids is 1. The molecule has 4 atom stereocenters. The third kappa shape index (κ3) is 11.0. The third-order valence-electron chi connectivity index (χ3n) is 6.02. The largest absolute Gasteiger partial charge is 0.508 e. The Labute approximate surface area is 233 Å². The minimum Gasteiger partial charge on any atom is -0.508 e. The summed E-state index contributed by atoms with van der Waals surface area (Å²) >= 11 is 3.96. The van der Waals surface area contributed by atoms with Crippen LogP contribution in [0.15, 0.2) is 54.6 Å². The van der Waals surface area contributed by atoms with Crippen LogP contribution in [0.2, 0.25) is 0 Å². The van der Waals surface area contributed by atoms with Gasteiger partial charge < -0.3 is 37.6 Å². The molecule has 0 bridgehead atoms. The summed E-state index contributed by atoms with van der Waals surface area (Å²) in [7, 11) is 0. The Morgan fingerprint density at radius 3 is 1.92 bits per heavy atom. The van der Waals surface area contributed by atoms with Gasteiger partial charge in [-0.3, -0.25) is 14.4 Å². The van der Waals surface area contributed by atoms with Gasteiger partial charge in [-0.2, -0.15) is 12.6 Å². The molecule has 0 aliphatic carbocycles. The highest BCUT2D eigenvalue weighted by atomic mass is 32.1. The summed E-state index contributed by atoms with van der Waals surface area (Å²) in [6, 6.07) is 11.0. The molecule has 212 valence electrons. The molecule has 4 unspecified atom stereocenters. The maximum atomic E-state index is 13.4. The average molecular weight is 560 g/mol. The molecule has 2 aromatic carbocycles. The van der Waals surface area contributed by atoms with E-state index in [9.17, 15) is 29.4 Å². The molecule has 12 heteroatoms. The number of nitrogens with two attached hydrogens (primary N) is 2. The highest BCUT2D eigenvalue weighted by Gasteiger charge is 2.30. The van der Waals surface area contributed by atoms with E-state index in [1.54, 1.807) is 12.1 Å². The molecule has 3 amide bonds. The van der Waals surface area contributed by atoms with Crippen LogP contribution in [-0.4, -0.2) is 70.4 Å². The first-order valence-electron chi connectivity index (χ1n) is 12.7. The molecule has 11 nitrogen and oxygen atoms in total. The number of carboxylic acid groups (broad SMARTS) is 1. The lowest BCUT2D eigenvalue weighted by Gasteiger charge is -2.25. The minimum absolute atomic E-state index is 0.0440. The molecule has 39 heavy (non-hydrogen) atoms. The number of carbonyl (C=O) groups excluding carboxylic acids is 3. The van der Waals surface area contributed by atoms with Crippen molar-refractivity contribution >= 4 is 36.3 Å². The van der Waals surface area contributed by atoms with Crippen LogP contribution in [0.3, 0.4) is 0 Å². The fourth-order valence-corrected chi connectivity index (χ4v) is 4.06. The van der Waals surface area contributed by atoms with Crippen molar-refractivity contribution in [3.63, 3.8) is 0 Å². The van der Waals surface area contributed by atoms with E-state index < -0.39 is 47.9 Å². The number of nitrogens with one attached hydrogen (secondary N) is 3. The third-order valence-corrected chi connectivity index (χ3v) is 6.39. The smallest absolute Gasteiger partial charge is 0.327 e. The van der Waals surface area contributed by atoms with Crippen LogP contribution in [-0.2, 0) is 32.0 Å². The molecule has 0 radical (unpaired) electrons. The predicted octanol–water partition coefficient (Wildman–Crippen LogP) is 0.103. The van der Waals surface area contributed by atoms with Crippen LogP contribution < -0.4 is 27.4 Å². The zero-order valence-electron chi connectivity index (χ0n) is 21.6. The van der Waals surface area contributed by atoms with E-state index in [0.717, 1.165) is 5.56 Å². The first-order chi connectivity index (χ1) is 18.6. The second-order valence-corrected chi connectivity index (χ2v) is 9.52. The lowest BCUT2D eigenvalue weighted by Crippen LogP contribution is -2.58. The standard InChI is InChI=1S/C27H37N5O6S/c28-13-5-4-8-21(25(35)32-23(16-39)27(37)38)30-26(36)22(15-18-9-11-19(33)12-10-18)31-24(34)20(29)14-17-6-2-1-3-7-17/h1-3,6-7,9-12,20-23,33,39H,4-5,8,13-16,28-29H2,(H,30,36)(H,31,34)(H,32,35)(H,37,38). The number of rotatable bonds is 16. The Bertz CT molecular complexity index is 1090. The number of hydrogen-bond acceptors (Lipinski definition) is 8. The quantitative estimate of drug-likeness (QED) is 0.105. The second kappa shape index (κ2) is 16.4. The van der Waals surface area contributed by atoms with E-state index in [0.29, 0.717) is 24.9 Å². The molecule has 0 heterocycles. The summed E-state index contributed by atoms with van der Waals surface area (Å²) in [6.07, 6.45) is 1.62. The minimum atomic E-state index is -1.25. The molecular weight excluding hydrogens is 522 g/mol. The van der Waals surface area contributed by atoms with Crippen molar-refractivity contribution in [2.24, 2.45) is 11.5 Å². The second-order valence-electron chi connectivity index (χ2n) is 9.16. The number of aromatic hydroxyl groups is 1. The number of thiol groups is 1. The fourth-order valence-electron chi connectivity index (χ4n) is 3.81. The van der Waals surface area contributed by atoms with Gasteiger partial charge in [0.25, 0.3) is 0 Å². The van der Waals surface area contributed by atoms with Crippen molar-refractivity contribution in [1.29, 1.82) is 0 Å². The van der Waals surface area contributed by atoms with Crippen molar-refractivity contribution < 1.29 is 29.4 Å². The molecule has 0 aromatic heterocycles. The lowest BCUT2D eigenvalue weighted by molar-refractivity contribution is -0.141. The number of hydrogen-bond donors (Lipinski definition) is 8. The molecule has 0 aliphatic rings. The summed E-state index contributed by atoms with van der Waals surface area (Å²) in [4.78, 5) is 50.7. The Balaban J connectivity index is 2.21. The van der Waals surface area contributed by atoms with Crippen molar-refractivity contribution in [2.75, 3.05) is 12.3 Å². The molecule has 0 fully saturated rings. The van der Waals surface area contributed by atoms with Gasteiger partial charge in [-0.25, -0.2) is 4.79 Å². The number of benzene rings is 2. The van der Waals surface area contributed by atoms with Gasteiger partial charge in [0, 0.05) is 12.2 Å². The predicted molar refractivity (Wildman–Crippen MR) is 150 cm³/mol. The van der Waals surface area contributed by atoms with E-state index in [4.69, 9.17) is 11.5 Å². The average Bonchev–Trinajstić information content (AvgIpc) is 2.92. The number of phenolic OH excluding ortho intramolecular Hbond substituents is 1. The topological polar surface area (TPSA) is 197 Å². The fraction of sp³-hybridized carbons (Fsp3) is 0.407. The van der Waals surface area contributed by atoms with E-state index in [2.05, 4.69) is 28.6 Å². The van der Waals surface area contributed by atoms with Gasteiger partial charge in [0.05, 0.1) is 6.04 Å². The van der Waals surface area contributed by atoms with E-state index in [1.807, 2.05) is 30.3 Å². The first kappa shape index (κ1) is 31.6. The van der Waals surface area contributed by atoms with E-state index >= 15 is 0 Å². The molecule has 0 saturated carbocycles. The number of unbranched alkanes of at least 4 members (excludes halogenated alkanes) is 1. The van der Waals surface area contributed by atoms with Crippen LogP contribution >= 0.6 is 12.6 Å². The Morgan fingerprint density at radius 2 is 1.33 bits per heavy atom. The number of amides is 3. The van der Waals surface area contributed by atoms with Crippen molar-refractivity contribution in [3.05, 3.63) is 65.7 Å². The summed E-state index contributed by atoms with van der Waals surface area (Å²) in [5, 5.41) is 26.6. The maximum absolute atomic E-state index is 13.4. The van der Waals surface area contributed by atoms with E-state index in [-0.39, 0.29) is 30.8 Å². The van der Waals surface area contributed by atoms with Crippen molar-refractivity contribution in [2.45, 2.75) is 56.3 Å². The van der Waals surface area contributed by atoms with Gasteiger partial charge in [-0.15, -0.1) is 0 Å². The Kier molecular flexibility index (Phi) is 13.3. The highest BCUT2D eigenvalue weighted by Crippen LogP contribution is 2.13. The highest BCUT2D eigenvalue weighted by molar-refractivity contribution is 7.80. The van der Waals surface area contributed by atoms with Gasteiger partial charge in [0.2, 0.25) is 17.7 Å². The SMILES string of the molecule is NCCCCC(NC(=O)C(Cc1ccc(O)cc1)NC(=O)C(N)Cc1ccccc1)C(=O)NC(CS)C(=O)O. The van der Waals surface area contributed by atoms with Gasteiger partial charge in [-0.1, -0.05) is 42.5 Å². The molecule has 0 aliphatic heterocycles. The van der Waals surface area contributed by atoms with Crippen molar-refractivity contribution in [1.82, 2.24) is 16.0 Å². The molecule has 9 N–H and O–H groups in total. The van der Waals surface area contributed by atoms with Crippen LogP contribution in [0.25, 0.3) is 0 Å². The molecular formula is C27H37N5O6S. The number of phenols is 1. The monoisotopic (exact) mass is 559 g/mol. The van der Waals surface area contributed by atoms with Crippen LogP contribution in [0, 0.1) is 0 Å². The van der Waals surface area contributed by atoms with Gasteiger partial charge in [-0.05, 0) is 55.5 Å². The molecule has 2 aromatic rings. The Hall–Kier alpha value is -3.61. The summed E-state index contributed by atoms with van der Waals surface area (Å²) in [5.74, 6) is -3.23. The van der Waals surface area contributed by atoms with Crippen molar-refractivity contribution in [3.8, 4) is 5.75 Å². The van der Waals surface area contributed by atoms with Crippen LogP contribution in [0.5, 0.6) is 5.75 Å². The Morgan fingerprint density at radius 1 is 0.769 bits per heavy atom. The lowest BCUT2D eigenvalue weighted by atomic mass is 10.0. The van der Waals surface area contributed by atoms with Gasteiger partial charge in [0.15, 0.2) is 0 Å². The van der Waals surface area contributed by atoms with Crippen LogP contribution in [0.4, 0.5) is 0 Å². The van der Waals surface area contributed by atoms with Gasteiger partial charge >= 0.3 is 5.97 Å².